The van der Waals surface area contributed by atoms with Crippen molar-refractivity contribution < 1.29 is 22.7 Å². The topological polar surface area (TPSA) is 44.8 Å². The van der Waals surface area contributed by atoms with Gasteiger partial charge in [-0.3, -0.25) is 9.69 Å². The first-order valence-electron chi connectivity index (χ1n) is 7.70. The lowest BCUT2D eigenvalue weighted by Gasteiger charge is -2.33. The SMILES string of the molecule is COC(=O)CN1CCN(CCCCCNCC(F)(F)F)CC1. The molecule has 8 heteroatoms. The van der Waals surface area contributed by atoms with Crippen LogP contribution in [0.25, 0.3) is 0 Å². The van der Waals surface area contributed by atoms with E-state index in [4.69, 9.17) is 0 Å². The van der Waals surface area contributed by atoms with Crippen molar-refractivity contribution in [3.05, 3.63) is 0 Å². The molecular weight excluding hydrogens is 299 g/mol. The van der Waals surface area contributed by atoms with Crippen molar-refractivity contribution in [2.24, 2.45) is 0 Å². The van der Waals surface area contributed by atoms with Gasteiger partial charge in [-0.05, 0) is 25.9 Å². The van der Waals surface area contributed by atoms with E-state index in [1.165, 1.54) is 7.11 Å². The number of unbranched alkanes of at least 4 members (excludes halogenated alkanes) is 2. The minimum absolute atomic E-state index is 0.209. The monoisotopic (exact) mass is 325 g/mol. The molecule has 0 aliphatic carbocycles. The summed E-state index contributed by atoms with van der Waals surface area (Å²) in [5.41, 5.74) is 0. The number of carbonyl (C=O) groups excluding carboxylic acids is 1. The summed E-state index contributed by atoms with van der Waals surface area (Å²) in [6.45, 7) is 4.35. The van der Waals surface area contributed by atoms with Gasteiger partial charge in [-0.25, -0.2) is 0 Å². The van der Waals surface area contributed by atoms with Gasteiger partial charge in [0.25, 0.3) is 0 Å². The van der Waals surface area contributed by atoms with E-state index in [1.807, 2.05) is 0 Å². The number of piperazine rings is 1. The van der Waals surface area contributed by atoms with Gasteiger partial charge in [-0.2, -0.15) is 13.2 Å². The number of hydrogen-bond donors (Lipinski definition) is 1. The molecule has 1 fully saturated rings. The molecule has 0 aromatic heterocycles. The second kappa shape index (κ2) is 10.0. The Morgan fingerprint density at radius 1 is 1.09 bits per heavy atom. The van der Waals surface area contributed by atoms with Crippen molar-refractivity contribution >= 4 is 5.97 Å². The highest BCUT2D eigenvalue weighted by atomic mass is 19.4. The summed E-state index contributed by atoms with van der Waals surface area (Å²) in [7, 11) is 1.39. The Labute approximate surface area is 129 Å². The van der Waals surface area contributed by atoms with Crippen LogP contribution in [-0.4, -0.2) is 81.4 Å². The number of carbonyl (C=O) groups is 1. The summed E-state index contributed by atoms with van der Waals surface area (Å²) in [6.07, 6.45) is -1.44. The van der Waals surface area contributed by atoms with Crippen LogP contribution in [-0.2, 0) is 9.53 Å². The average molecular weight is 325 g/mol. The standard InChI is InChI=1S/C14H26F3N3O2/c1-22-13(21)11-20-9-7-19(8-10-20)6-4-2-3-5-18-12-14(15,16)17/h18H,2-12H2,1H3. The van der Waals surface area contributed by atoms with Crippen LogP contribution in [0.5, 0.6) is 0 Å². The third kappa shape index (κ3) is 9.22. The summed E-state index contributed by atoms with van der Waals surface area (Å²) >= 11 is 0. The van der Waals surface area contributed by atoms with Crippen molar-refractivity contribution in [1.29, 1.82) is 0 Å². The quantitative estimate of drug-likeness (QED) is 0.508. The van der Waals surface area contributed by atoms with Crippen LogP contribution >= 0.6 is 0 Å². The molecule has 0 amide bonds. The van der Waals surface area contributed by atoms with Crippen molar-refractivity contribution in [2.75, 3.05) is 59.5 Å². The predicted molar refractivity (Wildman–Crippen MR) is 77.7 cm³/mol. The average Bonchev–Trinajstić information content (AvgIpc) is 2.46. The summed E-state index contributed by atoms with van der Waals surface area (Å²) in [6, 6.07) is 0. The number of nitrogens with one attached hydrogen (secondary N) is 1. The van der Waals surface area contributed by atoms with Crippen LogP contribution < -0.4 is 5.32 Å². The molecule has 0 spiro atoms. The molecule has 0 radical (unpaired) electrons. The van der Waals surface area contributed by atoms with E-state index in [-0.39, 0.29) is 5.97 Å². The second-order valence-corrected chi connectivity index (χ2v) is 5.55. The Kier molecular flexibility index (Phi) is 8.74. The maximum Gasteiger partial charge on any atom is 0.401 e. The van der Waals surface area contributed by atoms with E-state index in [1.54, 1.807) is 0 Å². The van der Waals surface area contributed by atoms with Gasteiger partial charge in [-0.1, -0.05) is 6.42 Å². The minimum Gasteiger partial charge on any atom is -0.468 e. The number of ether oxygens (including phenoxy) is 1. The number of hydrogen-bond acceptors (Lipinski definition) is 5. The molecule has 0 unspecified atom stereocenters. The third-order valence-electron chi connectivity index (χ3n) is 3.70. The van der Waals surface area contributed by atoms with Crippen molar-refractivity contribution in [3.63, 3.8) is 0 Å². The molecular formula is C14H26F3N3O2. The molecule has 1 aliphatic rings. The highest BCUT2D eigenvalue weighted by Gasteiger charge is 2.25. The Morgan fingerprint density at radius 3 is 2.32 bits per heavy atom. The van der Waals surface area contributed by atoms with Gasteiger partial charge in [0.2, 0.25) is 0 Å². The smallest absolute Gasteiger partial charge is 0.401 e. The van der Waals surface area contributed by atoms with E-state index in [0.717, 1.165) is 52.0 Å². The fraction of sp³-hybridized carbons (Fsp3) is 0.929. The maximum absolute atomic E-state index is 11.9. The van der Waals surface area contributed by atoms with E-state index >= 15 is 0 Å². The Hall–Kier alpha value is -0.860. The maximum atomic E-state index is 11.9. The first kappa shape index (κ1) is 19.2. The molecule has 0 bridgehead atoms. The van der Waals surface area contributed by atoms with E-state index < -0.39 is 12.7 Å². The normalized spacial score (nSPS) is 17.6. The summed E-state index contributed by atoms with van der Waals surface area (Å²) in [5, 5.41) is 2.40. The lowest BCUT2D eigenvalue weighted by atomic mass is 10.2. The lowest BCUT2D eigenvalue weighted by Crippen LogP contribution is -2.48. The molecule has 130 valence electrons. The molecule has 0 aromatic rings. The molecule has 1 N–H and O–H groups in total. The van der Waals surface area contributed by atoms with Gasteiger partial charge in [0.15, 0.2) is 0 Å². The van der Waals surface area contributed by atoms with Crippen LogP contribution in [0.3, 0.4) is 0 Å². The second-order valence-electron chi connectivity index (χ2n) is 5.55. The van der Waals surface area contributed by atoms with Gasteiger partial charge < -0.3 is 15.0 Å². The van der Waals surface area contributed by atoms with Crippen LogP contribution in [0.15, 0.2) is 0 Å². The molecule has 0 saturated carbocycles. The van der Waals surface area contributed by atoms with Crippen LogP contribution in [0.2, 0.25) is 0 Å². The third-order valence-corrected chi connectivity index (χ3v) is 3.70. The Bertz CT molecular complexity index is 319. The number of alkyl halides is 3. The number of nitrogens with zero attached hydrogens (tertiary/aromatic N) is 2. The molecule has 1 saturated heterocycles. The lowest BCUT2D eigenvalue weighted by molar-refractivity contribution is -0.142. The van der Waals surface area contributed by atoms with Crippen LogP contribution in [0.1, 0.15) is 19.3 Å². The first-order chi connectivity index (χ1) is 10.4. The largest absolute Gasteiger partial charge is 0.468 e. The fourth-order valence-electron chi connectivity index (χ4n) is 2.41. The van der Waals surface area contributed by atoms with Gasteiger partial charge in [0.1, 0.15) is 0 Å². The molecule has 1 heterocycles. The highest BCUT2D eigenvalue weighted by molar-refractivity contribution is 5.71. The fourth-order valence-corrected chi connectivity index (χ4v) is 2.41. The minimum atomic E-state index is -4.12. The van der Waals surface area contributed by atoms with Gasteiger partial charge in [0.05, 0.1) is 20.2 Å². The van der Waals surface area contributed by atoms with Crippen molar-refractivity contribution in [3.8, 4) is 0 Å². The zero-order valence-corrected chi connectivity index (χ0v) is 13.1. The predicted octanol–water partition coefficient (Wildman–Crippen LogP) is 1.10. The molecule has 22 heavy (non-hydrogen) atoms. The number of halogens is 3. The summed E-state index contributed by atoms with van der Waals surface area (Å²) in [5.74, 6) is -0.209. The molecule has 5 nitrogen and oxygen atoms in total. The van der Waals surface area contributed by atoms with Crippen molar-refractivity contribution in [2.45, 2.75) is 25.4 Å². The van der Waals surface area contributed by atoms with Gasteiger partial charge >= 0.3 is 12.1 Å². The zero-order valence-electron chi connectivity index (χ0n) is 13.1. The number of methoxy groups -OCH3 is 1. The number of esters is 1. The van der Waals surface area contributed by atoms with E-state index in [0.29, 0.717) is 13.1 Å². The van der Waals surface area contributed by atoms with Crippen molar-refractivity contribution in [1.82, 2.24) is 15.1 Å². The molecule has 1 aliphatic heterocycles. The highest BCUT2D eigenvalue weighted by Crippen LogP contribution is 2.12. The van der Waals surface area contributed by atoms with Crippen LogP contribution in [0, 0.1) is 0 Å². The zero-order chi connectivity index (χ0) is 16.4. The Morgan fingerprint density at radius 2 is 1.73 bits per heavy atom. The first-order valence-corrected chi connectivity index (χ1v) is 7.70. The summed E-state index contributed by atoms with van der Waals surface area (Å²) in [4.78, 5) is 15.6. The summed E-state index contributed by atoms with van der Waals surface area (Å²) < 4.78 is 40.4. The van der Waals surface area contributed by atoms with E-state index in [2.05, 4.69) is 19.9 Å². The molecule has 0 atom stereocenters. The molecule has 1 rings (SSSR count). The number of rotatable bonds is 9. The van der Waals surface area contributed by atoms with Gasteiger partial charge in [-0.15, -0.1) is 0 Å². The van der Waals surface area contributed by atoms with Gasteiger partial charge in [0, 0.05) is 26.2 Å². The van der Waals surface area contributed by atoms with Crippen LogP contribution in [0.4, 0.5) is 13.2 Å². The van der Waals surface area contributed by atoms with E-state index in [9.17, 15) is 18.0 Å². The molecule has 0 aromatic carbocycles. The Balaban J connectivity index is 1.96.